The van der Waals surface area contributed by atoms with Gasteiger partial charge in [0.1, 0.15) is 0 Å². The molecule has 0 saturated carbocycles. The molecule has 0 aromatic carbocycles. The second-order valence-electron chi connectivity index (χ2n) is 4.69. The van der Waals surface area contributed by atoms with Crippen LogP contribution in [0.15, 0.2) is 0 Å². The monoisotopic (exact) mass is 226 g/mol. The summed E-state index contributed by atoms with van der Waals surface area (Å²) in [4.78, 5) is 14.5. The van der Waals surface area contributed by atoms with E-state index in [9.17, 15) is 4.79 Å². The van der Waals surface area contributed by atoms with Gasteiger partial charge in [-0.25, -0.2) is 0 Å². The Balaban J connectivity index is 2.63. The van der Waals surface area contributed by atoms with E-state index < -0.39 is 0 Å². The van der Waals surface area contributed by atoms with E-state index in [1.165, 1.54) is 0 Å². The zero-order valence-electron chi connectivity index (χ0n) is 11.0. The predicted molar refractivity (Wildman–Crippen MR) is 67.4 cm³/mol. The molecule has 0 radical (unpaired) electrons. The van der Waals surface area contributed by atoms with Gasteiger partial charge in [-0.1, -0.05) is 20.8 Å². The van der Waals surface area contributed by atoms with Gasteiger partial charge in [0.05, 0.1) is 0 Å². The van der Waals surface area contributed by atoms with E-state index in [-0.39, 0.29) is 5.92 Å². The van der Waals surface area contributed by atoms with Crippen molar-refractivity contribution in [1.82, 2.24) is 10.2 Å². The van der Waals surface area contributed by atoms with E-state index in [0.29, 0.717) is 11.9 Å². The SMILES string of the molecule is CCCN(C(=O)C(CC)CC)C1CCNC1. The molecule has 0 spiro atoms. The average molecular weight is 226 g/mol. The van der Waals surface area contributed by atoms with Crippen LogP contribution in [-0.2, 0) is 4.79 Å². The molecule has 1 unspecified atom stereocenters. The van der Waals surface area contributed by atoms with Crippen LogP contribution in [0.2, 0.25) is 0 Å². The molecule has 1 amide bonds. The van der Waals surface area contributed by atoms with Crippen LogP contribution < -0.4 is 5.32 Å². The Morgan fingerprint density at radius 2 is 2.06 bits per heavy atom. The molecule has 1 atom stereocenters. The van der Waals surface area contributed by atoms with Crippen LogP contribution in [0, 0.1) is 5.92 Å². The number of nitrogens with one attached hydrogen (secondary N) is 1. The number of hydrogen-bond donors (Lipinski definition) is 1. The molecule has 0 bridgehead atoms. The molecule has 0 aromatic rings. The Labute approximate surface area is 99.6 Å². The molecule has 0 aromatic heterocycles. The lowest BCUT2D eigenvalue weighted by Gasteiger charge is -2.31. The van der Waals surface area contributed by atoms with E-state index in [2.05, 4.69) is 31.0 Å². The Kier molecular flexibility index (Phi) is 5.81. The third-order valence-corrected chi connectivity index (χ3v) is 3.56. The van der Waals surface area contributed by atoms with Gasteiger partial charge in [0.15, 0.2) is 0 Å². The Morgan fingerprint density at radius 1 is 1.38 bits per heavy atom. The van der Waals surface area contributed by atoms with Gasteiger partial charge in [0, 0.05) is 25.0 Å². The van der Waals surface area contributed by atoms with Crippen LogP contribution in [0.4, 0.5) is 0 Å². The first-order valence-electron chi connectivity index (χ1n) is 6.75. The van der Waals surface area contributed by atoms with Crippen LogP contribution in [-0.4, -0.2) is 36.5 Å². The van der Waals surface area contributed by atoms with Crippen molar-refractivity contribution in [1.29, 1.82) is 0 Å². The maximum absolute atomic E-state index is 12.4. The van der Waals surface area contributed by atoms with Crippen molar-refractivity contribution < 1.29 is 4.79 Å². The summed E-state index contributed by atoms with van der Waals surface area (Å²) in [5.41, 5.74) is 0. The normalized spacial score (nSPS) is 20.4. The van der Waals surface area contributed by atoms with Crippen molar-refractivity contribution in [3.8, 4) is 0 Å². The number of carbonyl (C=O) groups excluding carboxylic acids is 1. The molecule has 1 aliphatic heterocycles. The van der Waals surface area contributed by atoms with Crippen molar-refractivity contribution >= 4 is 5.91 Å². The second-order valence-corrected chi connectivity index (χ2v) is 4.69. The van der Waals surface area contributed by atoms with E-state index in [4.69, 9.17) is 0 Å². The molecular formula is C13H26N2O. The first kappa shape index (κ1) is 13.5. The van der Waals surface area contributed by atoms with Crippen molar-refractivity contribution in [2.24, 2.45) is 5.92 Å². The van der Waals surface area contributed by atoms with Crippen LogP contribution in [0.5, 0.6) is 0 Å². The van der Waals surface area contributed by atoms with Crippen LogP contribution in [0.3, 0.4) is 0 Å². The van der Waals surface area contributed by atoms with Crippen molar-refractivity contribution in [3.63, 3.8) is 0 Å². The molecule has 3 nitrogen and oxygen atoms in total. The van der Waals surface area contributed by atoms with E-state index >= 15 is 0 Å². The third-order valence-electron chi connectivity index (χ3n) is 3.56. The van der Waals surface area contributed by atoms with Crippen LogP contribution in [0.1, 0.15) is 46.5 Å². The number of nitrogens with zero attached hydrogens (tertiary/aromatic N) is 1. The van der Waals surface area contributed by atoms with Crippen molar-refractivity contribution in [3.05, 3.63) is 0 Å². The minimum atomic E-state index is 0.229. The molecule has 16 heavy (non-hydrogen) atoms. The average Bonchev–Trinajstić information content (AvgIpc) is 2.80. The molecule has 3 heteroatoms. The molecule has 94 valence electrons. The third kappa shape index (κ3) is 3.21. The highest BCUT2D eigenvalue weighted by Gasteiger charge is 2.28. The van der Waals surface area contributed by atoms with E-state index in [0.717, 1.165) is 45.3 Å². The number of amides is 1. The lowest BCUT2D eigenvalue weighted by atomic mass is 10.0. The summed E-state index contributed by atoms with van der Waals surface area (Å²) in [6, 6.07) is 0.438. The lowest BCUT2D eigenvalue weighted by Crippen LogP contribution is -2.44. The minimum Gasteiger partial charge on any atom is -0.338 e. The molecule has 1 aliphatic rings. The predicted octanol–water partition coefficient (Wildman–Crippen LogP) is 2.02. The van der Waals surface area contributed by atoms with Gasteiger partial charge in [-0.05, 0) is 32.2 Å². The summed E-state index contributed by atoms with van der Waals surface area (Å²) in [5.74, 6) is 0.604. The van der Waals surface area contributed by atoms with Gasteiger partial charge in [0.2, 0.25) is 5.91 Å². The fourth-order valence-electron chi connectivity index (χ4n) is 2.49. The maximum Gasteiger partial charge on any atom is 0.225 e. The highest BCUT2D eigenvalue weighted by Crippen LogP contribution is 2.17. The van der Waals surface area contributed by atoms with Gasteiger partial charge < -0.3 is 10.2 Å². The zero-order valence-corrected chi connectivity index (χ0v) is 11.0. The molecule has 0 aliphatic carbocycles. The molecule has 1 heterocycles. The van der Waals surface area contributed by atoms with E-state index in [1.54, 1.807) is 0 Å². The summed E-state index contributed by atoms with van der Waals surface area (Å²) < 4.78 is 0. The quantitative estimate of drug-likeness (QED) is 0.751. The van der Waals surface area contributed by atoms with Gasteiger partial charge >= 0.3 is 0 Å². The number of rotatable bonds is 6. The molecule has 1 rings (SSSR count). The highest BCUT2D eigenvalue weighted by molar-refractivity contribution is 5.79. The maximum atomic E-state index is 12.4. The standard InChI is InChI=1S/C13H26N2O/c1-4-9-15(12-7-8-14-10-12)13(16)11(5-2)6-3/h11-12,14H,4-10H2,1-3H3. The summed E-state index contributed by atoms with van der Waals surface area (Å²) in [5, 5.41) is 3.35. The van der Waals surface area contributed by atoms with Crippen molar-refractivity contribution in [2.75, 3.05) is 19.6 Å². The van der Waals surface area contributed by atoms with Gasteiger partial charge in [-0.3, -0.25) is 4.79 Å². The highest BCUT2D eigenvalue weighted by atomic mass is 16.2. The van der Waals surface area contributed by atoms with E-state index in [1.807, 2.05) is 0 Å². The first-order chi connectivity index (χ1) is 7.74. The fourth-order valence-corrected chi connectivity index (χ4v) is 2.49. The number of carbonyl (C=O) groups is 1. The number of hydrogen-bond acceptors (Lipinski definition) is 2. The Morgan fingerprint density at radius 3 is 2.50 bits per heavy atom. The van der Waals surface area contributed by atoms with Gasteiger partial charge in [0.25, 0.3) is 0 Å². The summed E-state index contributed by atoms with van der Waals surface area (Å²) in [6.45, 7) is 9.33. The molecular weight excluding hydrogens is 200 g/mol. The van der Waals surface area contributed by atoms with Gasteiger partial charge in [-0.15, -0.1) is 0 Å². The molecule has 1 N–H and O–H groups in total. The molecule has 1 fully saturated rings. The largest absolute Gasteiger partial charge is 0.338 e. The first-order valence-corrected chi connectivity index (χ1v) is 6.75. The topological polar surface area (TPSA) is 32.3 Å². The lowest BCUT2D eigenvalue weighted by molar-refractivity contribution is -0.137. The summed E-state index contributed by atoms with van der Waals surface area (Å²) in [6.07, 6.45) is 4.11. The zero-order chi connectivity index (χ0) is 12.0. The van der Waals surface area contributed by atoms with Gasteiger partial charge in [-0.2, -0.15) is 0 Å². The second kappa shape index (κ2) is 6.89. The van der Waals surface area contributed by atoms with Crippen LogP contribution >= 0.6 is 0 Å². The summed E-state index contributed by atoms with van der Waals surface area (Å²) >= 11 is 0. The molecule has 1 saturated heterocycles. The van der Waals surface area contributed by atoms with Crippen LogP contribution in [0.25, 0.3) is 0 Å². The minimum absolute atomic E-state index is 0.229. The van der Waals surface area contributed by atoms with Crippen molar-refractivity contribution in [2.45, 2.75) is 52.5 Å². The smallest absolute Gasteiger partial charge is 0.225 e. The summed E-state index contributed by atoms with van der Waals surface area (Å²) in [7, 11) is 0. The fraction of sp³-hybridized carbons (Fsp3) is 0.923. The Hall–Kier alpha value is -0.570. The Bertz CT molecular complexity index is 208.